The van der Waals surface area contributed by atoms with E-state index in [2.05, 4.69) is 13.5 Å². The predicted octanol–water partition coefficient (Wildman–Crippen LogP) is 2.43. The maximum atomic E-state index is 10.1. The molecule has 0 heterocycles. The molecular weight excluding hydrogens is 280 g/mol. The normalized spacial score (nSPS) is 30.0. The summed E-state index contributed by atoms with van der Waals surface area (Å²) >= 11 is 0. The molecule has 3 N–H and O–H groups in total. The SMILES string of the molecule is C=CCOCC[C@H]1[C@@H](C=C[C@@H](O)CCCCC)[C@@H](O)C[C@H]1O. The molecule has 22 heavy (non-hydrogen) atoms. The van der Waals surface area contributed by atoms with Crippen molar-refractivity contribution >= 4 is 0 Å². The molecule has 0 bridgehead atoms. The Hall–Kier alpha value is -0.680. The largest absolute Gasteiger partial charge is 0.393 e. The summed E-state index contributed by atoms with van der Waals surface area (Å²) in [7, 11) is 0. The van der Waals surface area contributed by atoms with Crippen LogP contribution in [0.5, 0.6) is 0 Å². The lowest BCUT2D eigenvalue weighted by molar-refractivity contribution is 0.0826. The molecule has 1 fully saturated rings. The average molecular weight is 312 g/mol. The summed E-state index contributed by atoms with van der Waals surface area (Å²) in [4.78, 5) is 0. The first-order valence-corrected chi connectivity index (χ1v) is 8.51. The third kappa shape index (κ3) is 6.61. The van der Waals surface area contributed by atoms with Crippen molar-refractivity contribution in [3.63, 3.8) is 0 Å². The molecule has 4 heteroatoms. The molecular formula is C18H32O4. The van der Waals surface area contributed by atoms with Gasteiger partial charge in [-0.3, -0.25) is 0 Å². The fourth-order valence-electron chi connectivity index (χ4n) is 3.12. The number of aliphatic hydroxyl groups is 3. The van der Waals surface area contributed by atoms with Crippen molar-refractivity contribution in [2.75, 3.05) is 13.2 Å². The van der Waals surface area contributed by atoms with E-state index in [-0.39, 0.29) is 11.8 Å². The summed E-state index contributed by atoms with van der Waals surface area (Å²) in [6, 6.07) is 0. The van der Waals surface area contributed by atoms with Crippen LogP contribution in [-0.4, -0.2) is 46.8 Å². The van der Waals surface area contributed by atoms with Gasteiger partial charge in [-0.05, 0) is 18.8 Å². The van der Waals surface area contributed by atoms with Crippen molar-refractivity contribution in [3.8, 4) is 0 Å². The highest BCUT2D eigenvalue weighted by molar-refractivity contribution is 5.04. The fraction of sp³-hybridized carbons (Fsp3) is 0.778. The average Bonchev–Trinajstić information content (AvgIpc) is 2.75. The van der Waals surface area contributed by atoms with Gasteiger partial charge >= 0.3 is 0 Å². The van der Waals surface area contributed by atoms with Crippen molar-refractivity contribution in [2.45, 2.75) is 63.8 Å². The van der Waals surface area contributed by atoms with E-state index in [1.165, 1.54) is 0 Å². The van der Waals surface area contributed by atoms with Gasteiger partial charge in [-0.2, -0.15) is 0 Å². The predicted molar refractivity (Wildman–Crippen MR) is 88.5 cm³/mol. The van der Waals surface area contributed by atoms with Crippen molar-refractivity contribution in [1.82, 2.24) is 0 Å². The Bertz CT molecular complexity index is 329. The summed E-state index contributed by atoms with van der Waals surface area (Å²) in [5, 5.41) is 30.2. The molecule has 0 aromatic heterocycles. The Morgan fingerprint density at radius 3 is 2.73 bits per heavy atom. The first kappa shape index (κ1) is 19.4. The highest BCUT2D eigenvalue weighted by Crippen LogP contribution is 2.36. The van der Waals surface area contributed by atoms with Crippen LogP contribution in [0.25, 0.3) is 0 Å². The molecule has 0 spiro atoms. The second-order valence-electron chi connectivity index (χ2n) is 6.21. The lowest BCUT2D eigenvalue weighted by Gasteiger charge is -2.21. The molecule has 1 saturated carbocycles. The van der Waals surface area contributed by atoms with E-state index in [4.69, 9.17) is 4.74 Å². The Morgan fingerprint density at radius 1 is 1.27 bits per heavy atom. The molecule has 1 aliphatic rings. The zero-order valence-electron chi connectivity index (χ0n) is 13.7. The molecule has 1 rings (SSSR count). The maximum Gasteiger partial charge on any atom is 0.0721 e. The van der Waals surface area contributed by atoms with Gasteiger partial charge in [-0.15, -0.1) is 6.58 Å². The fourth-order valence-corrected chi connectivity index (χ4v) is 3.12. The molecule has 1 aliphatic carbocycles. The molecule has 0 aromatic rings. The molecule has 0 radical (unpaired) electrons. The van der Waals surface area contributed by atoms with Crippen LogP contribution in [0.3, 0.4) is 0 Å². The van der Waals surface area contributed by atoms with Gasteiger partial charge in [0, 0.05) is 18.9 Å². The number of hydrogen-bond acceptors (Lipinski definition) is 4. The second kappa shape index (κ2) is 10.9. The van der Waals surface area contributed by atoms with Gasteiger partial charge < -0.3 is 20.1 Å². The highest BCUT2D eigenvalue weighted by Gasteiger charge is 2.39. The molecule has 128 valence electrons. The number of unbranched alkanes of at least 4 members (excludes halogenated alkanes) is 2. The Morgan fingerprint density at radius 2 is 2.05 bits per heavy atom. The van der Waals surface area contributed by atoms with E-state index in [0.717, 1.165) is 25.7 Å². The molecule has 5 atom stereocenters. The quantitative estimate of drug-likeness (QED) is 0.405. The van der Waals surface area contributed by atoms with Crippen LogP contribution < -0.4 is 0 Å². The van der Waals surface area contributed by atoms with Crippen molar-refractivity contribution in [3.05, 3.63) is 24.8 Å². The Balaban J connectivity index is 2.47. The van der Waals surface area contributed by atoms with Gasteiger partial charge in [-0.25, -0.2) is 0 Å². The zero-order chi connectivity index (χ0) is 16.4. The monoisotopic (exact) mass is 312 g/mol. The minimum Gasteiger partial charge on any atom is -0.393 e. The van der Waals surface area contributed by atoms with Gasteiger partial charge in [0.25, 0.3) is 0 Å². The summed E-state index contributed by atoms with van der Waals surface area (Å²) in [5.74, 6) is -0.123. The summed E-state index contributed by atoms with van der Waals surface area (Å²) < 4.78 is 5.38. The van der Waals surface area contributed by atoms with Gasteiger partial charge in [0.05, 0.1) is 24.9 Å². The Kier molecular flexibility index (Phi) is 9.64. The topological polar surface area (TPSA) is 69.9 Å². The van der Waals surface area contributed by atoms with E-state index in [1.807, 2.05) is 6.08 Å². The van der Waals surface area contributed by atoms with E-state index in [9.17, 15) is 15.3 Å². The van der Waals surface area contributed by atoms with Crippen LogP contribution in [0, 0.1) is 11.8 Å². The molecule has 0 amide bonds. The van der Waals surface area contributed by atoms with Crippen LogP contribution >= 0.6 is 0 Å². The Labute approximate surface area is 134 Å². The van der Waals surface area contributed by atoms with E-state index >= 15 is 0 Å². The summed E-state index contributed by atoms with van der Waals surface area (Å²) in [6.45, 7) is 6.78. The second-order valence-corrected chi connectivity index (χ2v) is 6.21. The van der Waals surface area contributed by atoms with Crippen LogP contribution in [0.4, 0.5) is 0 Å². The van der Waals surface area contributed by atoms with Crippen LogP contribution in [0.2, 0.25) is 0 Å². The lowest BCUT2D eigenvalue weighted by Crippen LogP contribution is -2.22. The first-order chi connectivity index (χ1) is 10.6. The van der Waals surface area contributed by atoms with Crippen LogP contribution in [0.1, 0.15) is 45.4 Å². The van der Waals surface area contributed by atoms with Crippen LogP contribution in [-0.2, 0) is 4.74 Å². The van der Waals surface area contributed by atoms with E-state index in [1.54, 1.807) is 12.2 Å². The molecule has 4 nitrogen and oxygen atoms in total. The van der Waals surface area contributed by atoms with Gasteiger partial charge in [0.1, 0.15) is 0 Å². The third-order valence-electron chi connectivity index (χ3n) is 4.41. The smallest absolute Gasteiger partial charge is 0.0721 e. The van der Waals surface area contributed by atoms with E-state index < -0.39 is 18.3 Å². The molecule has 0 unspecified atom stereocenters. The first-order valence-electron chi connectivity index (χ1n) is 8.51. The summed E-state index contributed by atoms with van der Waals surface area (Å²) in [6.07, 6.45) is 8.97. The van der Waals surface area contributed by atoms with Crippen LogP contribution in [0.15, 0.2) is 24.8 Å². The number of aliphatic hydroxyl groups excluding tert-OH is 3. The van der Waals surface area contributed by atoms with Crippen molar-refractivity contribution in [1.29, 1.82) is 0 Å². The number of ether oxygens (including phenoxy) is 1. The molecule has 0 aromatic carbocycles. The number of hydrogen-bond donors (Lipinski definition) is 3. The van der Waals surface area contributed by atoms with Gasteiger partial charge in [-0.1, -0.05) is 44.4 Å². The zero-order valence-corrected chi connectivity index (χ0v) is 13.7. The minimum atomic E-state index is -0.543. The van der Waals surface area contributed by atoms with Crippen molar-refractivity contribution in [2.24, 2.45) is 11.8 Å². The van der Waals surface area contributed by atoms with Crippen molar-refractivity contribution < 1.29 is 20.1 Å². The van der Waals surface area contributed by atoms with Gasteiger partial charge in [0.15, 0.2) is 0 Å². The standard InChI is InChI=1S/C18H32O4/c1-3-5-6-7-14(19)8-9-15-16(10-12-22-11-4-2)18(21)13-17(15)20/h4,8-9,14-21H,2-3,5-7,10-13H2,1H3/t14-,15+,16-,17-,18+/m0/s1. The molecule has 0 saturated heterocycles. The summed E-state index contributed by atoms with van der Waals surface area (Å²) in [5.41, 5.74) is 0. The minimum absolute atomic E-state index is 0.0149. The number of rotatable bonds is 11. The van der Waals surface area contributed by atoms with E-state index in [0.29, 0.717) is 26.1 Å². The molecule has 0 aliphatic heterocycles. The maximum absolute atomic E-state index is 10.1. The highest BCUT2D eigenvalue weighted by atomic mass is 16.5. The third-order valence-corrected chi connectivity index (χ3v) is 4.41. The van der Waals surface area contributed by atoms with Gasteiger partial charge in [0.2, 0.25) is 0 Å². The lowest BCUT2D eigenvalue weighted by atomic mass is 9.90.